The van der Waals surface area contributed by atoms with Crippen LogP contribution >= 0.6 is 0 Å². The Morgan fingerprint density at radius 3 is 1.89 bits per heavy atom. The molecule has 0 saturated carbocycles. The molecule has 18 heavy (non-hydrogen) atoms. The standard InChI is InChI=1S/C13H22O3SSi/c1-11-7-9-12(10-8-11)17(14,15)16-18(5,6)13(2,3)4/h7-10H,1-6H3. The SMILES string of the molecule is Cc1ccc(S(=O)(=O)O[Si](C)(C)C(C)(C)C)cc1. The molecule has 0 aliphatic carbocycles. The maximum Gasteiger partial charge on any atom is 0.287 e. The fourth-order valence-corrected chi connectivity index (χ4v) is 5.20. The van der Waals surface area contributed by atoms with Crippen molar-refractivity contribution in [1.82, 2.24) is 0 Å². The highest BCUT2D eigenvalue weighted by Crippen LogP contribution is 2.38. The fraction of sp³-hybridized carbons (Fsp3) is 0.538. The average molecular weight is 286 g/mol. The molecule has 1 aromatic rings. The van der Waals surface area contributed by atoms with Gasteiger partial charge in [0.15, 0.2) is 0 Å². The Balaban J connectivity index is 3.07. The molecule has 0 aliphatic rings. The van der Waals surface area contributed by atoms with Crippen LogP contribution in [0.5, 0.6) is 0 Å². The number of benzene rings is 1. The summed E-state index contributed by atoms with van der Waals surface area (Å²) in [5, 5.41) is -0.134. The van der Waals surface area contributed by atoms with E-state index in [4.69, 9.17) is 3.87 Å². The van der Waals surface area contributed by atoms with Crippen LogP contribution in [-0.4, -0.2) is 16.7 Å². The molecule has 0 fully saturated rings. The van der Waals surface area contributed by atoms with Gasteiger partial charge in [0.2, 0.25) is 8.32 Å². The highest BCUT2D eigenvalue weighted by Gasteiger charge is 2.41. The van der Waals surface area contributed by atoms with Crippen molar-refractivity contribution in [3.8, 4) is 0 Å². The third kappa shape index (κ3) is 3.43. The summed E-state index contributed by atoms with van der Waals surface area (Å²) < 4.78 is 30.0. The molecule has 0 N–H and O–H groups in total. The van der Waals surface area contributed by atoms with Crippen LogP contribution in [0.1, 0.15) is 26.3 Å². The van der Waals surface area contributed by atoms with Gasteiger partial charge in [-0.15, -0.1) is 0 Å². The van der Waals surface area contributed by atoms with E-state index in [2.05, 4.69) is 0 Å². The van der Waals surface area contributed by atoms with Crippen LogP contribution in [0.25, 0.3) is 0 Å². The molecule has 0 unspecified atom stereocenters. The topological polar surface area (TPSA) is 43.4 Å². The third-order valence-electron chi connectivity index (χ3n) is 3.43. The van der Waals surface area contributed by atoms with Crippen LogP contribution < -0.4 is 0 Å². The molecule has 0 bridgehead atoms. The predicted octanol–water partition coefficient (Wildman–Crippen LogP) is 3.71. The van der Waals surface area contributed by atoms with E-state index in [1.165, 1.54) is 0 Å². The van der Waals surface area contributed by atoms with Crippen molar-refractivity contribution in [3.63, 3.8) is 0 Å². The van der Waals surface area contributed by atoms with Crippen LogP contribution in [0, 0.1) is 6.92 Å². The van der Waals surface area contributed by atoms with Gasteiger partial charge in [-0.25, -0.2) is 0 Å². The Kier molecular flexibility index (Phi) is 4.10. The molecular formula is C13H22O3SSi. The lowest BCUT2D eigenvalue weighted by Gasteiger charge is -2.35. The Hall–Kier alpha value is -0.653. The molecule has 0 radical (unpaired) electrons. The van der Waals surface area contributed by atoms with Crippen molar-refractivity contribution < 1.29 is 12.3 Å². The summed E-state index contributed by atoms with van der Waals surface area (Å²) in [7, 11) is -5.98. The smallest absolute Gasteiger partial charge is 0.287 e. The predicted molar refractivity (Wildman–Crippen MR) is 76.6 cm³/mol. The molecular weight excluding hydrogens is 264 g/mol. The Morgan fingerprint density at radius 1 is 1.06 bits per heavy atom. The summed E-state index contributed by atoms with van der Waals surface area (Å²) in [5.74, 6) is 0. The Bertz CT molecular complexity index is 510. The highest BCUT2D eigenvalue weighted by atomic mass is 32.2. The van der Waals surface area contributed by atoms with Gasteiger partial charge < -0.3 is 3.87 Å². The molecule has 0 spiro atoms. The molecule has 0 atom stereocenters. The van der Waals surface area contributed by atoms with Crippen molar-refractivity contribution in [2.24, 2.45) is 0 Å². The molecule has 1 aromatic carbocycles. The van der Waals surface area contributed by atoms with Crippen molar-refractivity contribution in [2.75, 3.05) is 0 Å². The summed E-state index contributed by atoms with van der Waals surface area (Å²) in [6, 6.07) is 6.75. The van der Waals surface area contributed by atoms with E-state index < -0.39 is 18.4 Å². The summed E-state index contributed by atoms with van der Waals surface area (Å²) in [6.45, 7) is 11.8. The van der Waals surface area contributed by atoms with Gasteiger partial charge in [-0.1, -0.05) is 38.5 Å². The molecule has 0 aliphatic heterocycles. The summed E-state index contributed by atoms with van der Waals surface area (Å²) in [4.78, 5) is 0.234. The minimum absolute atomic E-state index is 0.134. The molecule has 102 valence electrons. The van der Waals surface area contributed by atoms with E-state index in [0.29, 0.717) is 0 Å². The minimum atomic E-state index is -3.66. The molecule has 0 saturated heterocycles. The van der Waals surface area contributed by atoms with Gasteiger partial charge in [0, 0.05) is 0 Å². The molecule has 0 aromatic heterocycles. The monoisotopic (exact) mass is 286 g/mol. The zero-order valence-corrected chi connectivity index (χ0v) is 13.8. The number of hydrogen-bond donors (Lipinski definition) is 0. The fourth-order valence-electron chi connectivity index (χ4n) is 1.15. The summed E-state index contributed by atoms with van der Waals surface area (Å²) in [6.07, 6.45) is 0. The van der Waals surface area contributed by atoms with Gasteiger partial charge in [0.1, 0.15) is 0 Å². The quantitative estimate of drug-likeness (QED) is 0.796. The van der Waals surface area contributed by atoms with E-state index in [9.17, 15) is 8.42 Å². The first-order valence-electron chi connectivity index (χ1n) is 5.98. The molecule has 5 heteroatoms. The van der Waals surface area contributed by atoms with E-state index in [-0.39, 0.29) is 9.93 Å². The first kappa shape index (κ1) is 15.4. The second-order valence-electron chi connectivity index (χ2n) is 6.11. The summed E-state index contributed by atoms with van der Waals surface area (Å²) >= 11 is 0. The van der Waals surface area contributed by atoms with Crippen molar-refractivity contribution in [2.45, 2.75) is 50.7 Å². The molecule has 3 nitrogen and oxygen atoms in total. The van der Waals surface area contributed by atoms with Crippen molar-refractivity contribution >= 4 is 18.4 Å². The van der Waals surface area contributed by atoms with Gasteiger partial charge in [-0.3, -0.25) is 0 Å². The summed E-state index contributed by atoms with van der Waals surface area (Å²) in [5.41, 5.74) is 1.03. The van der Waals surface area contributed by atoms with Crippen LogP contribution in [0.15, 0.2) is 29.2 Å². The van der Waals surface area contributed by atoms with E-state index >= 15 is 0 Å². The Morgan fingerprint density at radius 2 is 1.50 bits per heavy atom. The van der Waals surface area contributed by atoms with Gasteiger partial charge in [0.05, 0.1) is 4.90 Å². The number of aryl methyl sites for hydroxylation is 1. The second-order valence-corrected chi connectivity index (χ2v) is 12.7. The normalized spacial score (nSPS) is 13.7. The van der Waals surface area contributed by atoms with Gasteiger partial charge in [-0.2, -0.15) is 8.42 Å². The lowest BCUT2D eigenvalue weighted by atomic mass is 10.2. The lowest BCUT2D eigenvalue weighted by molar-refractivity contribution is 0.456. The van der Waals surface area contributed by atoms with E-state index in [0.717, 1.165) is 5.56 Å². The first-order valence-corrected chi connectivity index (χ1v) is 10.3. The van der Waals surface area contributed by atoms with Crippen LogP contribution in [0.2, 0.25) is 18.1 Å². The molecule has 1 rings (SSSR count). The van der Waals surface area contributed by atoms with Crippen LogP contribution in [-0.2, 0) is 14.0 Å². The molecule has 0 amide bonds. The van der Waals surface area contributed by atoms with Gasteiger partial charge in [-0.05, 0) is 37.2 Å². The third-order valence-corrected chi connectivity index (χ3v) is 10.4. The lowest BCUT2D eigenvalue weighted by Crippen LogP contribution is -2.42. The minimum Gasteiger partial charge on any atom is -0.311 e. The van der Waals surface area contributed by atoms with Crippen molar-refractivity contribution in [1.29, 1.82) is 0 Å². The van der Waals surface area contributed by atoms with Crippen LogP contribution in [0.3, 0.4) is 0 Å². The number of hydrogen-bond acceptors (Lipinski definition) is 3. The molecule has 0 heterocycles. The Labute approximate surface area is 111 Å². The van der Waals surface area contributed by atoms with Crippen molar-refractivity contribution in [3.05, 3.63) is 29.8 Å². The zero-order valence-electron chi connectivity index (χ0n) is 11.9. The van der Waals surface area contributed by atoms with Crippen LogP contribution in [0.4, 0.5) is 0 Å². The van der Waals surface area contributed by atoms with E-state index in [1.807, 2.05) is 40.8 Å². The van der Waals surface area contributed by atoms with E-state index in [1.54, 1.807) is 24.3 Å². The van der Waals surface area contributed by atoms with Gasteiger partial charge in [0.25, 0.3) is 10.1 Å². The first-order chi connectivity index (χ1) is 7.96. The highest BCUT2D eigenvalue weighted by molar-refractivity contribution is 7.87. The maximum absolute atomic E-state index is 12.2. The zero-order chi connectivity index (χ0) is 14.2. The van der Waals surface area contributed by atoms with Gasteiger partial charge >= 0.3 is 0 Å². The largest absolute Gasteiger partial charge is 0.311 e. The second kappa shape index (κ2) is 4.79. The maximum atomic E-state index is 12.2. The average Bonchev–Trinajstić information content (AvgIpc) is 2.14. The number of rotatable bonds is 3.